The third-order valence-corrected chi connectivity index (χ3v) is 6.39. The van der Waals surface area contributed by atoms with Gasteiger partial charge in [-0.2, -0.15) is 0 Å². The van der Waals surface area contributed by atoms with E-state index in [-0.39, 0.29) is 30.9 Å². The van der Waals surface area contributed by atoms with Gasteiger partial charge in [0.2, 0.25) is 11.8 Å². The first-order chi connectivity index (χ1) is 15.0. The van der Waals surface area contributed by atoms with E-state index in [1.165, 1.54) is 17.7 Å². The summed E-state index contributed by atoms with van der Waals surface area (Å²) in [6.07, 6.45) is 6.67. The van der Waals surface area contributed by atoms with E-state index in [1.54, 1.807) is 24.3 Å². The maximum absolute atomic E-state index is 13.0. The van der Waals surface area contributed by atoms with Crippen LogP contribution in [-0.2, 0) is 9.59 Å². The van der Waals surface area contributed by atoms with Gasteiger partial charge in [0.25, 0.3) is 0 Å². The molecule has 1 saturated carbocycles. The quantitative estimate of drug-likeness (QED) is 0.655. The highest BCUT2D eigenvalue weighted by molar-refractivity contribution is 6.37. The Bertz CT molecular complexity index is 1010. The van der Waals surface area contributed by atoms with Crippen molar-refractivity contribution in [3.05, 3.63) is 63.6 Å². The second-order valence-electron chi connectivity index (χ2n) is 8.04. The second-order valence-corrected chi connectivity index (χ2v) is 8.89. The zero-order valence-corrected chi connectivity index (χ0v) is 18.8. The van der Waals surface area contributed by atoms with Gasteiger partial charge in [0.1, 0.15) is 13.1 Å². The number of nitrogens with zero attached hydrogens (tertiary/aromatic N) is 2. The molecule has 0 spiro atoms. The summed E-state index contributed by atoms with van der Waals surface area (Å²) in [6.45, 7) is -0.112. The van der Waals surface area contributed by atoms with Gasteiger partial charge < -0.3 is 10.2 Å². The highest BCUT2D eigenvalue weighted by Gasteiger charge is 2.28. The highest BCUT2D eigenvalue weighted by atomic mass is 35.5. The SMILES string of the molecule is O=C(CN1C(=O)CN=C(c2ccccc2Cl)c2cc(Cl)ccc21)NC1CCCCCC1. The molecule has 0 aromatic heterocycles. The van der Waals surface area contributed by atoms with Crippen molar-refractivity contribution in [2.24, 2.45) is 4.99 Å². The molecule has 2 aromatic rings. The number of benzodiazepines with no additional fused rings is 1. The Morgan fingerprint density at radius 3 is 2.52 bits per heavy atom. The van der Waals surface area contributed by atoms with E-state index in [0.29, 0.717) is 27.0 Å². The summed E-state index contributed by atoms with van der Waals surface area (Å²) in [5.74, 6) is -0.385. The molecule has 2 aromatic carbocycles. The number of halogens is 2. The molecule has 4 rings (SSSR count). The number of nitrogens with one attached hydrogen (secondary N) is 1. The van der Waals surface area contributed by atoms with Crippen molar-refractivity contribution in [2.75, 3.05) is 18.0 Å². The van der Waals surface area contributed by atoms with Crippen molar-refractivity contribution >= 4 is 46.4 Å². The van der Waals surface area contributed by atoms with E-state index in [0.717, 1.165) is 31.2 Å². The molecule has 0 unspecified atom stereocenters. The standard InChI is InChI=1S/C24H25Cl2N3O2/c25-16-11-12-21-19(13-16)24(18-9-5-6-10-20(18)26)27-14-23(31)29(21)15-22(30)28-17-7-3-1-2-4-8-17/h5-6,9-13,17H,1-4,7-8,14-15H2,(H,28,30). The van der Waals surface area contributed by atoms with Gasteiger partial charge in [-0.15, -0.1) is 0 Å². The fourth-order valence-electron chi connectivity index (χ4n) is 4.28. The Labute approximate surface area is 192 Å². The first-order valence-corrected chi connectivity index (χ1v) is 11.5. The van der Waals surface area contributed by atoms with Crippen LogP contribution in [0.4, 0.5) is 5.69 Å². The lowest BCUT2D eigenvalue weighted by molar-refractivity contribution is -0.123. The fourth-order valence-corrected chi connectivity index (χ4v) is 4.68. The maximum atomic E-state index is 13.0. The number of hydrogen-bond donors (Lipinski definition) is 1. The summed E-state index contributed by atoms with van der Waals surface area (Å²) >= 11 is 12.7. The molecule has 0 radical (unpaired) electrons. The normalized spacial score (nSPS) is 17.4. The van der Waals surface area contributed by atoms with Crippen molar-refractivity contribution < 1.29 is 9.59 Å². The van der Waals surface area contributed by atoms with E-state index in [2.05, 4.69) is 10.3 Å². The molecule has 31 heavy (non-hydrogen) atoms. The van der Waals surface area contributed by atoms with Gasteiger partial charge >= 0.3 is 0 Å². The molecular weight excluding hydrogens is 433 g/mol. The third-order valence-electron chi connectivity index (χ3n) is 5.83. The fraction of sp³-hybridized carbons (Fsp3) is 0.375. The minimum atomic E-state index is -0.235. The monoisotopic (exact) mass is 457 g/mol. The smallest absolute Gasteiger partial charge is 0.249 e. The Morgan fingerprint density at radius 1 is 1.03 bits per heavy atom. The molecule has 1 aliphatic heterocycles. The first kappa shape index (κ1) is 21.8. The molecule has 7 heteroatoms. The number of fused-ring (bicyclic) bond motifs is 1. The van der Waals surface area contributed by atoms with Gasteiger partial charge in [0, 0.05) is 27.2 Å². The van der Waals surface area contributed by atoms with Crippen molar-refractivity contribution in [1.29, 1.82) is 0 Å². The lowest BCUT2D eigenvalue weighted by Gasteiger charge is -2.24. The van der Waals surface area contributed by atoms with Crippen LogP contribution < -0.4 is 10.2 Å². The van der Waals surface area contributed by atoms with E-state index in [1.807, 2.05) is 18.2 Å². The van der Waals surface area contributed by atoms with Crippen molar-refractivity contribution in [2.45, 2.75) is 44.6 Å². The van der Waals surface area contributed by atoms with Crippen molar-refractivity contribution in [3.63, 3.8) is 0 Å². The zero-order valence-electron chi connectivity index (χ0n) is 17.2. The van der Waals surface area contributed by atoms with E-state index >= 15 is 0 Å². The zero-order chi connectivity index (χ0) is 21.8. The van der Waals surface area contributed by atoms with E-state index < -0.39 is 0 Å². The Balaban J connectivity index is 1.63. The van der Waals surface area contributed by atoms with Crippen LogP contribution in [0.15, 0.2) is 47.5 Å². The highest BCUT2D eigenvalue weighted by Crippen LogP contribution is 2.31. The predicted octanol–water partition coefficient (Wildman–Crippen LogP) is 5.02. The number of rotatable bonds is 4. The number of benzene rings is 2. The number of amides is 2. The van der Waals surface area contributed by atoms with Crippen LogP contribution in [-0.4, -0.2) is 36.7 Å². The van der Waals surface area contributed by atoms with Crippen LogP contribution in [0.3, 0.4) is 0 Å². The van der Waals surface area contributed by atoms with Gasteiger partial charge in [-0.3, -0.25) is 14.6 Å². The van der Waals surface area contributed by atoms with Crippen LogP contribution in [0.25, 0.3) is 0 Å². The molecule has 5 nitrogen and oxygen atoms in total. The predicted molar refractivity (Wildman–Crippen MR) is 125 cm³/mol. The maximum Gasteiger partial charge on any atom is 0.249 e. The van der Waals surface area contributed by atoms with Gasteiger partial charge in [0.05, 0.1) is 11.4 Å². The molecule has 0 saturated heterocycles. The first-order valence-electron chi connectivity index (χ1n) is 10.7. The molecule has 0 bridgehead atoms. The van der Waals surface area contributed by atoms with Gasteiger partial charge in [-0.05, 0) is 37.1 Å². The van der Waals surface area contributed by atoms with Crippen LogP contribution in [0.2, 0.25) is 10.0 Å². The number of carbonyl (C=O) groups excluding carboxylic acids is 2. The summed E-state index contributed by atoms with van der Waals surface area (Å²) in [4.78, 5) is 31.9. The topological polar surface area (TPSA) is 61.8 Å². The van der Waals surface area contributed by atoms with Gasteiger partial charge in [0.15, 0.2) is 0 Å². The van der Waals surface area contributed by atoms with Gasteiger partial charge in [-0.1, -0.05) is 67.1 Å². The molecule has 2 aliphatic rings. The van der Waals surface area contributed by atoms with Crippen molar-refractivity contribution in [1.82, 2.24) is 5.32 Å². The largest absolute Gasteiger partial charge is 0.352 e. The van der Waals surface area contributed by atoms with Crippen LogP contribution >= 0.6 is 23.2 Å². The summed E-state index contributed by atoms with van der Waals surface area (Å²) in [5.41, 5.74) is 2.63. The average Bonchev–Trinajstić information content (AvgIpc) is 3.08. The summed E-state index contributed by atoms with van der Waals surface area (Å²) in [5, 5.41) is 4.19. The molecule has 162 valence electrons. The lowest BCUT2D eigenvalue weighted by Crippen LogP contribution is -2.45. The Kier molecular flexibility index (Phi) is 6.93. The number of carbonyl (C=O) groups is 2. The molecule has 1 N–H and O–H groups in total. The van der Waals surface area contributed by atoms with Crippen molar-refractivity contribution in [3.8, 4) is 0 Å². The van der Waals surface area contributed by atoms with Gasteiger partial charge in [-0.25, -0.2) is 0 Å². The number of anilines is 1. The number of hydrogen-bond acceptors (Lipinski definition) is 3. The molecule has 1 aliphatic carbocycles. The van der Waals surface area contributed by atoms with Crippen LogP contribution in [0.5, 0.6) is 0 Å². The Hall–Kier alpha value is -2.37. The number of aliphatic imine (C=N–C) groups is 1. The average molecular weight is 458 g/mol. The second kappa shape index (κ2) is 9.84. The summed E-state index contributed by atoms with van der Waals surface area (Å²) in [6, 6.07) is 12.8. The molecule has 0 atom stereocenters. The summed E-state index contributed by atoms with van der Waals surface area (Å²) in [7, 11) is 0. The minimum absolute atomic E-state index is 0.0463. The lowest BCUT2D eigenvalue weighted by atomic mass is 10.00. The molecular formula is C24H25Cl2N3O2. The molecule has 1 heterocycles. The minimum Gasteiger partial charge on any atom is -0.352 e. The van der Waals surface area contributed by atoms with E-state index in [9.17, 15) is 9.59 Å². The summed E-state index contributed by atoms with van der Waals surface area (Å²) < 4.78 is 0. The van der Waals surface area contributed by atoms with E-state index in [4.69, 9.17) is 23.2 Å². The van der Waals surface area contributed by atoms with Crippen LogP contribution in [0.1, 0.15) is 49.7 Å². The Morgan fingerprint density at radius 2 is 1.77 bits per heavy atom. The molecule has 2 amide bonds. The van der Waals surface area contributed by atoms with Crippen LogP contribution in [0, 0.1) is 0 Å². The molecule has 1 fully saturated rings. The third kappa shape index (κ3) is 5.10.